The highest BCUT2D eigenvalue weighted by Crippen LogP contribution is 2.23. The van der Waals surface area contributed by atoms with E-state index >= 15 is 0 Å². The molecule has 1 aromatic carbocycles. The maximum absolute atomic E-state index is 13.4. The molecule has 0 radical (unpaired) electrons. The van der Waals surface area contributed by atoms with Crippen molar-refractivity contribution < 1.29 is 13.6 Å². The number of benzene rings is 1. The van der Waals surface area contributed by atoms with E-state index in [-0.39, 0.29) is 21.9 Å². The predicted molar refractivity (Wildman–Crippen MR) is 62.8 cm³/mol. The Balaban J connectivity index is 2.24. The van der Waals surface area contributed by atoms with Crippen LogP contribution in [-0.4, -0.2) is 21.1 Å². The molecule has 2 aromatic rings. The normalized spacial score (nSPS) is 10.4. The topological polar surface area (TPSA) is 96.7 Å². The number of H-pyrrole nitrogens is 1. The lowest BCUT2D eigenvalue weighted by molar-refractivity contribution is 0.101. The molecular weight excluding hydrogens is 312 g/mol. The van der Waals surface area contributed by atoms with Crippen molar-refractivity contribution in [3.05, 3.63) is 34.1 Å². The number of anilines is 2. The summed E-state index contributed by atoms with van der Waals surface area (Å²) in [6.07, 6.45) is 0. The van der Waals surface area contributed by atoms with Crippen LogP contribution in [-0.2, 0) is 0 Å². The van der Waals surface area contributed by atoms with Crippen LogP contribution in [0.15, 0.2) is 16.6 Å². The van der Waals surface area contributed by atoms with E-state index in [4.69, 9.17) is 5.73 Å². The van der Waals surface area contributed by atoms with Gasteiger partial charge in [-0.15, -0.1) is 5.10 Å². The Bertz CT molecular complexity index is 615. The molecule has 4 N–H and O–H groups in total. The lowest BCUT2D eigenvalue weighted by atomic mass is 10.3. The maximum atomic E-state index is 13.4. The summed E-state index contributed by atoms with van der Waals surface area (Å²) in [5.74, 6) is -2.59. The van der Waals surface area contributed by atoms with Crippen molar-refractivity contribution >= 4 is 33.5 Å². The third-order valence-electron chi connectivity index (χ3n) is 1.98. The molecular formula is C9H6BrF2N5O. The van der Waals surface area contributed by atoms with Gasteiger partial charge in [0.1, 0.15) is 11.6 Å². The molecule has 1 aromatic heterocycles. The third kappa shape index (κ3) is 2.45. The number of amides is 1. The van der Waals surface area contributed by atoms with E-state index in [0.29, 0.717) is 0 Å². The van der Waals surface area contributed by atoms with Gasteiger partial charge in [0.05, 0.1) is 10.2 Å². The van der Waals surface area contributed by atoms with E-state index in [1.54, 1.807) is 0 Å². The molecule has 0 aliphatic rings. The van der Waals surface area contributed by atoms with E-state index in [1.165, 1.54) is 0 Å². The lowest BCUT2D eigenvalue weighted by Gasteiger charge is -2.05. The second-order valence-corrected chi connectivity index (χ2v) is 4.10. The van der Waals surface area contributed by atoms with Gasteiger partial charge in [-0.25, -0.2) is 8.78 Å². The average Bonchev–Trinajstić information content (AvgIpc) is 2.73. The quantitative estimate of drug-likeness (QED) is 0.734. The monoisotopic (exact) mass is 317 g/mol. The van der Waals surface area contributed by atoms with Gasteiger partial charge < -0.3 is 11.1 Å². The number of nitrogen functional groups attached to an aromatic ring is 1. The number of hydrogen-bond acceptors (Lipinski definition) is 4. The minimum atomic E-state index is -0.788. The number of nitrogens with one attached hydrogen (secondary N) is 2. The van der Waals surface area contributed by atoms with Gasteiger partial charge >= 0.3 is 0 Å². The van der Waals surface area contributed by atoms with Gasteiger partial charge in [-0.05, 0) is 22.0 Å². The Labute approximate surface area is 108 Å². The number of aromatic amines is 1. The summed E-state index contributed by atoms with van der Waals surface area (Å²) < 4.78 is 26.6. The molecule has 1 heterocycles. The van der Waals surface area contributed by atoms with Gasteiger partial charge in [-0.3, -0.25) is 9.89 Å². The van der Waals surface area contributed by atoms with Crippen LogP contribution in [0.25, 0.3) is 0 Å². The van der Waals surface area contributed by atoms with Crippen molar-refractivity contribution in [2.24, 2.45) is 0 Å². The van der Waals surface area contributed by atoms with Gasteiger partial charge in [0.2, 0.25) is 11.8 Å². The van der Waals surface area contributed by atoms with E-state index in [9.17, 15) is 13.6 Å². The fourth-order valence-electron chi connectivity index (χ4n) is 1.18. The van der Waals surface area contributed by atoms with Gasteiger partial charge in [0, 0.05) is 6.07 Å². The van der Waals surface area contributed by atoms with Gasteiger partial charge in [-0.2, -0.15) is 4.98 Å². The second kappa shape index (κ2) is 4.69. The third-order valence-corrected chi connectivity index (χ3v) is 2.58. The fourth-order valence-corrected chi connectivity index (χ4v) is 1.49. The predicted octanol–water partition coefficient (Wildman–Crippen LogP) is 1.68. The van der Waals surface area contributed by atoms with Crippen molar-refractivity contribution in [2.75, 3.05) is 11.1 Å². The van der Waals surface area contributed by atoms with Crippen molar-refractivity contribution in [3.8, 4) is 0 Å². The van der Waals surface area contributed by atoms with Crippen molar-refractivity contribution in [2.45, 2.75) is 0 Å². The second-order valence-electron chi connectivity index (χ2n) is 3.24. The van der Waals surface area contributed by atoms with Crippen LogP contribution < -0.4 is 11.1 Å². The zero-order chi connectivity index (χ0) is 13.3. The molecule has 0 saturated heterocycles. The van der Waals surface area contributed by atoms with Crippen LogP contribution in [0, 0.1) is 11.6 Å². The summed E-state index contributed by atoms with van der Waals surface area (Å²) in [4.78, 5) is 15.1. The number of carbonyl (C=O) groups is 1. The summed E-state index contributed by atoms with van der Waals surface area (Å²) in [6.45, 7) is 0. The molecule has 2 rings (SSSR count). The first-order chi connectivity index (χ1) is 8.47. The molecule has 0 spiro atoms. The Morgan fingerprint density at radius 2 is 2.11 bits per heavy atom. The molecule has 0 fully saturated rings. The number of hydrogen-bond donors (Lipinski definition) is 3. The first kappa shape index (κ1) is 12.4. The molecule has 0 unspecified atom stereocenters. The number of aromatic nitrogens is 3. The van der Waals surface area contributed by atoms with Crippen LogP contribution in [0.3, 0.4) is 0 Å². The van der Waals surface area contributed by atoms with Crippen LogP contribution in [0.5, 0.6) is 0 Å². The summed E-state index contributed by atoms with van der Waals surface area (Å²) >= 11 is 2.82. The summed E-state index contributed by atoms with van der Waals surface area (Å²) in [5.41, 5.74) is 4.90. The highest BCUT2D eigenvalue weighted by atomic mass is 79.9. The molecule has 9 heteroatoms. The minimum Gasteiger partial charge on any atom is -0.366 e. The van der Waals surface area contributed by atoms with Gasteiger partial charge in [0.15, 0.2) is 0 Å². The fraction of sp³-hybridized carbons (Fsp3) is 0. The number of rotatable bonds is 2. The van der Waals surface area contributed by atoms with Crippen molar-refractivity contribution in [3.63, 3.8) is 0 Å². The number of halogens is 3. The molecule has 6 nitrogen and oxygen atoms in total. The number of nitrogens with zero attached hydrogens (tertiary/aromatic N) is 2. The highest BCUT2D eigenvalue weighted by molar-refractivity contribution is 9.10. The molecule has 94 valence electrons. The first-order valence-electron chi connectivity index (χ1n) is 4.61. The van der Waals surface area contributed by atoms with E-state index in [0.717, 1.165) is 12.1 Å². The largest absolute Gasteiger partial charge is 0.366 e. The van der Waals surface area contributed by atoms with Gasteiger partial charge in [0.25, 0.3) is 5.91 Å². The van der Waals surface area contributed by atoms with E-state index in [1.807, 2.05) is 0 Å². The Morgan fingerprint density at radius 3 is 2.72 bits per heavy atom. The van der Waals surface area contributed by atoms with Crippen LogP contribution >= 0.6 is 15.9 Å². The highest BCUT2D eigenvalue weighted by Gasteiger charge is 2.15. The zero-order valence-electron chi connectivity index (χ0n) is 8.67. The minimum absolute atomic E-state index is 0.0399. The zero-order valence-corrected chi connectivity index (χ0v) is 10.3. The molecule has 0 aliphatic heterocycles. The van der Waals surface area contributed by atoms with Crippen molar-refractivity contribution in [1.29, 1.82) is 0 Å². The molecule has 18 heavy (non-hydrogen) atoms. The summed E-state index contributed by atoms with van der Waals surface area (Å²) in [7, 11) is 0. The SMILES string of the molecule is Nc1n[nH]c(C(=O)Nc2cc(F)c(Br)cc2F)n1. The summed E-state index contributed by atoms with van der Waals surface area (Å²) in [5, 5.41) is 7.83. The average molecular weight is 318 g/mol. The molecule has 0 bridgehead atoms. The smallest absolute Gasteiger partial charge is 0.293 e. The number of nitrogens with two attached hydrogens (primary N) is 1. The summed E-state index contributed by atoms with van der Waals surface area (Å²) in [6, 6.07) is 1.75. The maximum Gasteiger partial charge on any atom is 0.293 e. The molecule has 0 aliphatic carbocycles. The standard InChI is InChI=1S/C9H6BrF2N5O/c10-3-1-5(12)6(2-4(3)11)14-8(18)7-15-9(13)17-16-7/h1-2H,(H,14,18)(H3,13,15,16,17). The molecule has 0 saturated carbocycles. The lowest BCUT2D eigenvalue weighted by Crippen LogP contribution is -2.15. The Morgan fingerprint density at radius 1 is 1.39 bits per heavy atom. The van der Waals surface area contributed by atoms with E-state index in [2.05, 4.69) is 36.4 Å². The first-order valence-corrected chi connectivity index (χ1v) is 5.40. The Hall–Kier alpha value is -2.03. The van der Waals surface area contributed by atoms with Crippen LogP contribution in [0.2, 0.25) is 0 Å². The van der Waals surface area contributed by atoms with E-state index < -0.39 is 17.5 Å². The van der Waals surface area contributed by atoms with Crippen LogP contribution in [0.1, 0.15) is 10.6 Å². The molecule has 1 amide bonds. The van der Waals surface area contributed by atoms with Gasteiger partial charge in [-0.1, -0.05) is 0 Å². The van der Waals surface area contributed by atoms with Crippen molar-refractivity contribution in [1.82, 2.24) is 15.2 Å². The number of carbonyl (C=O) groups excluding carboxylic acids is 1. The Kier molecular flexibility index (Phi) is 3.24. The molecule has 0 atom stereocenters. The van der Waals surface area contributed by atoms with Crippen LogP contribution in [0.4, 0.5) is 20.4 Å².